The molecule has 0 aliphatic heterocycles. The van der Waals surface area contributed by atoms with E-state index in [1.54, 1.807) is 6.21 Å². The lowest BCUT2D eigenvalue weighted by molar-refractivity contribution is -0.126. The molecule has 0 heterocycles. The molecule has 1 atom stereocenters. The second kappa shape index (κ2) is 10.2. The van der Waals surface area contributed by atoms with Crippen LogP contribution in [-0.2, 0) is 16.1 Å². The van der Waals surface area contributed by atoms with Crippen molar-refractivity contribution in [3.8, 4) is 5.75 Å². The van der Waals surface area contributed by atoms with Crippen LogP contribution in [0.3, 0.4) is 0 Å². The summed E-state index contributed by atoms with van der Waals surface area (Å²) in [4.78, 5) is 17.0. The zero-order chi connectivity index (χ0) is 18.8. The molecule has 0 unspecified atom stereocenters. The summed E-state index contributed by atoms with van der Waals surface area (Å²) in [5.74, 6) is 0.604. The van der Waals surface area contributed by atoms with E-state index in [1.807, 2.05) is 50.2 Å². The van der Waals surface area contributed by atoms with Crippen LogP contribution >= 0.6 is 0 Å². The van der Waals surface area contributed by atoms with Crippen LogP contribution in [0.15, 0.2) is 53.7 Å². The Labute approximate surface area is 155 Å². The highest BCUT2D eigenvalue weighted by Crippen LogP contribution is 2.13. The molecule has 2 aromatic carbocycles. The number of oxime groups is 1. The Kier molecular flexibility index (Phi) is 7.68. The standard InChI is InChI=1S/C21H26N2O3/c1-4-17-6-10-19(11-7-17)16(3)23-21(24)15-26-22-14-18-8-12-20(13-9-18)25-5-2/h6-14,16H,4-5,15H2,1-3H3,(H,23,24)/b22-14-/t16-/m1/s1. The number of ether oxygens (including phenoxy) is 1. The first kappa shape index (κ1) is 19.5. The number of carbonyl (C=O) groups excluding carboxylic acids is 1. The van der Waals surface area contributed by atoms with Gasteiger partial charge in [-0.1, -0.05) is 36.3 Å². The largest absolute Gasteiger partial charge is 0.494 e. The van der Waals surface area contributed by atoms with Crippen molar-refractivity contribution in [3.05, 3.63) is 65.2 Å². The number of hydrogen-bond acceptors (Lipinski definition) is 4. The number of aryl methyl sites for hydroxylation is 1. The molecule has 0 spiro atoms. The average Bonchev–Trinajstić information content (AvgIpc) is 2.67. The molecule has 5 heteroatoms. The van der Waals surface area contributed by atoms with Gasteiger partial charge in [-0.3, -0.25) is 4.79 Å². The van der Waals surface area contributed by atoms with Crippen molar-refractivity contribution < 1.29 is 14.4 Å². The van der Waals surface area contributed by atoms with Crippen molar-refractivity contribution in [1.29, 1.82) is 0 Å². The molecule has 0 fully saturated rings. The first-order chi connectivity index (χ1) is 12.6. The predicted molar refractivity (Wildman–Crippen MR) is 104 cm³/mol. The van der Waals surface area contributed by atoms with E-state index < -0.39 is 0 Å². The average molecular weight is 354 g/mol. The quantitative estimate of drug-likeness (QED) is 0.549. The third kappa shape index (κ3) is 6.24. The minimum absolute atomic E-state index is 0.0768. The fourth-order valence-electron chi connectivity index (χ4n) is 2.42. The number of amides is 1. The van der Waals surface area contributed by atoms with Crippen LogP contribution in [0.1, 0.15) is 43.5 Å². The molecule has 138 valence electrons. The van der Waals surface area contributed by atoms with E-state index >= 15 is 0 Å². The van der Waals surface area contributed by atoms with Gasteiger partial charge in [-0.2, -0.15) is 0 Å². The maximum Gasteiger partial charge on any atom is 0.261 e. The maximum absolute atomic E-state index is 12.0. The summed E-state index contributed by atoms with van der Waals surface area (Å²) in [6, 6.07) is 15.6. The molecule has 0 saturated heterocycles. The molecule has 0 aromatic heterocycles. The van der Waals surface area contributed by atoms with Crippen LogP contribution in [0.4, 0.5) is 0 Å². The van der Waals surface area contributed by atoms with Gasteiger partial charge in [-0.15, -0.1) is 0 Å². The van der Waals surface area contributed by atoms with E-state index in [4.69, 9.17) is 9.57 Å². The number of carbonyl (C=O) groups is 1. The summed E-state index contributed by atoms with van der Waals surface area (Å²) in [5, 5.41) is 6.73. The van der Waals surface area contributed by atoms with Crippen molar-refractivity contribution in [2.24, 2.45) is 5.16 Å². The predicted octanol–water partition coefficient (Wildman–Crippen LogP) is 3.88. The fraction of sp³-hybridized carbons (Fsp3) is 0.333. The summed E-state index contributed by atoms with van der Waals surface area (Å²) in [6.07, 6.45) is 2.57. The number of rotatable bonds is 9. The number of hydrogen-bond donors (Lipinski definition) is 1. The Morgan fingerprint density at radius 3 is 2.42 bits per heavy atom. The van der Waals surface area contributed by atoms with Crippen molar-refractivity contribution in [2.45, 2.75) is 33.2 Å². The summed E-state index contributed by atoms with van der Waals surface area (Å²) in [6.45, 7) is 6.51. The Bertz CT molecular complexity index is 709. The van der Waals surface area contributed by atoms with Gasteiger partial charge in [0, 0.05) is 0 Å². The Balaban J connectivity index is 1.75. The van der Waals surface area contributed by atoms with Crippen LogP contribution in [0.2, 0.25) is 0 Å². The van der Waals surface area contributed by atoms with E-state index in [0.717, 1.165) is 23.3 Å². The fourth-order valence-corrected chi connectivity index (χ4v) is 2.42. The van der Waals surface area contributed by atoms with E-state index in [-0.39, 0.29) is 18.6 Å². The molecule has 2 aromatic rings. The minimum atomic E-state index is -0.207. The third-order valence-electron chi connectivity index (χ3n) is 3.93. The highest BCUT2D eigenvalue weighted by Gasteiger charge is 2.09. The van der Waals surface area contributed by atoms with Gasteiger partial charge in [0.1, 0.15) is 5.75 Å². The number of nitrogens with zero attached hydrogens (tertiary/aromatic N) is 1. The smallest absolute Gasteiger partial charge is 0.261 e. The second-order valence-electron chi connectivity index (χ2n) is 5.89. The summed E-state index contributed by atoms with van der Waals surface area (Å²) in [5.41, 5.74) is 3.21. The van der Waals surface area contributed by atoms with Crippen LogP contribution in [-0.4, -0.2) is 25.3 Å². The molecule has 5 nitrogen and oxygen atoms in total. The number of benzene rings is 2. The number of nitrogens with one attached hydrogen (secondary N) is 1. The van der Waals surface area contributed by atoms with Gasteiger partial charge in [-0.05, 0) is 61.2 Å². The van der Waals surface area contributed by atoms with Crippen molar-refractivity contribution in [2.75, 3.05) is 13.2 Å². The van der Waals surface area contributed by atoms with Gasteiger partial charge in [0.15, 0.2) is 6.61 Å². The van der Waals surface area contributed by atoms with Gasteiger partial charge in [-0.25, -0.2) is 0 Å². The first-order valence-electron chi connectivity index (χ1n) is 8.88. The highest BCUT2D eigenvalue weighted by atomic mass is 16.6. The van der Waals surface area contributed by atoms with Crippen LogP contribution in [0, 0.1) is 0 Å². The van der Waals surface area contributed by atoms with Gasteiger partial charge in [0.05, 0.1) is 18.9 Å². The van der Waals surface area contributed by atoms with E-state index in [0.29, 0.717) is 6.61 Å². The van der Waals surface area contributed by atoms with Crippen molar-refractivity contribution in [1.82, 2.24) is 5.32 Å². The molecule has 2 rings (SSSR count). The summed E-state index contributed by atoms with van der Waals surface area (Å²) >= 11 is 0. The normalized spacial score (nSPS) is 12.0. The van der Waals surface area contributed by atoms with Gasteiger partial charge in [0.2, 0.25) is 0 Å². The zero-order valence-corrected chi connectivity index (χ0v) is 15.6. The molecule has 0 bridgehead atoms. The second-order valence-corrected chi connectivity index (χ2v) is 5.89. The first-order valence-corrected chi connectivity index (χ1v) is 8.88. The van der Waals surface area contributed by atoms with Gasteiger partial charge >= 0.3 is 0 Å². The zero-order valence-electron chi connectivity index (χ0n) is 15.6. The highest BCUT2D eigenvalue weighted by molar-refractivity contribution is 5.80. The molecule has 26 heavy (non-hydrogen) atoms. The topological polar surface area (TPSA) is 59.9 Å². The molecular weight excluding hydrogens is 328 g/mol. The molecule has 0 aliphatic rings. The lowest BCUT2D eigenvalue weighted by atomic mass is 10.1. The molecule has 0 aliphatic carbocycles. The lowest BCUT2D eigenvalue weighted by Crippen LogP contribution is -2.29. The molecule has 1 amide bonds. The summed E-state index contributed by atoms with van der Waals surface area (Å²) < 4.78 is 5.38. The van der Waals surface area contributed by atoms with Crippen LogP contribution in [0.25, 0.3) is 0 Å². The van der Waals surface area contributed by atoms with E-state index in [2.05, 4.69) is 29.5 Å². The maximum atomic E-state index is 12.0. The van der Waals surface area contributed by atoms with Gasteiger partial charge in [0.25, 0.3) is 5.91 Å². The van der Waals surface area contributed by atoms with Crippen molar-refractivity contribution in [3.63, 3.8) is 0 Å². The molecule has 0 saturated carbocycles. The molecular formula is C21H26N2O3. The lowest BCUT2D eigenvalue weighted by Gasteiger charge is -2.14. The minimum Gasteiger partial charge on any atom is -0.494 e. The Hall–Kier alpha value is -2.82. The molecule has 0 radical (unpaired) electrons. The molecule has 1 N–H and O–H groups in total. The van der Waals surface area contributed by atoms with Crippen molar-refractivity contribution >= 4 is 12.1 Å². The van der Waals surface area contributed by atoms with Gasteiger partial charge < -0.3 is 14.9 Å². The SMILES string of the molecule is CCOc1ccc(/C=N\OCC(=O)N[C@H](C)c2ccc(CC)cc2)cc1. The summed E-state index contributed by atoms with van der Waals surface area (Å²) in [7, 11) is 0. The Morgan fingerprint density at radius 2 is 1.81 bits per heavy atom. The third-order valence-corrected chi connectivity index (χ3v) is 3.93. The van der Waals surface area contributed by atoms with Crippen LogP contribution < -0.4 is 10.1 Å². The Morgan fingerprint density at radius 1 is 1.12 bits per heavy atom. The van der Waals surface area contributed by atoms with E-state index in [1.165, 1.54) is 5.56 Å². The monoisotopic (exact) mass is 354 g/mol. The van der Waals surface area contributed by atoms with E-state index in [9.17, 15) is 4.79 Å². The van der Waals surface area contributed by atoms with Crippen LogP contribution in [0.5, 0.6) is 5.75 Å².